The Hall–Kier alpha value is 0.200. The number of benzene rings is 1. The van der Waals surface area contributed by atoms with Gasteiger partial charge >= 0.3 is 0 Å². The minimum absolute atomic E-state index is 0.444. The van der Waals surface area contributed by atoms with Crippen molar-refractivity contribution in [2.75, 3.05) is 7.05 Å². The molecule has 0 heterocycles. The molecule has 0 spiro atoms. The maximum absolute atomic E-state index is 6.29. The standard InChI is InChI=1S/C16H23ClIN/c1-3-11-6-4-5-7-13(11)16(19-2)12-8-9-15(18)14(17)10-12/h8-11,13,16,19H,3-7H2,1-2H3. The predicted octanol–water partition coefficient (Wildman–Crippen LogP) is 5.42. The van der Waals surface area contributed by atoms with Gasteiger partial charge in [0.15, 0.2) is 0 Å². The lowest BCUT2D eigenvalue weighted by atomic mass is 9.72. The molecular weight excluding hydrogens is 369 g/mol. The van der Waals surface area contributed by atoms with Crippen molar-refractivity contribution in [2.45, 2.75) is 45.1 Å². The first-order valence-electron chi connectivity index (χ1n) is 7.29. The van der Waals surface area contributed by atoms with Gasteiger partial charge in [-0.05, 0) is 65.6 Å². The summed E-state index contributed by atoms with van der Waals surface area (Å²) < 4.78 is 1.13. The molecule has 0 aliphatic heterocycles. The Labute approximate surface area is 135 Å². The number of hydrogen-bond donors (Lipinski definition) is 1. The van der Waals surface area contributed by atoms with Crippen LogP contribution in [-0.4, -0.2) is 7.05 Å². The minimum atomic E-state index is 0.444. The van der Waals surface area contributed by atoms with Gasteiger partial charge in [-0.25, -0.2) is 0 Å². The molecule has 0 bridgehead atoms. The summed E-state index contributed by atoms with van der Waals surface area (Å²) in [7, 11) is 2.08. The zero-order valence-electron chi connectivity index (χ0n) is 11.8. The van der Waals surface area contributed by atoms with Crippen molar-refractivity contribution in [2.24, 2.45) is 11.8 Å². The summed E-state index contributed by atoms with van der Waals surface area (Å²) in [6.45, 7) is 2.33. The van der Waals surface area contributed by atoms with E-state index in [-0.39, 0.29) is 0 Å². The second-order valence-corrected chi connectivity index (χ2v) is 7.13. The van der Waals surface area contributed by atoms with Crippen LogP contribution in [0, 0.1) is 15.4 Å². The van der Waals surface area contributed by atoms with Gasteiger partial charge in [-0.3, -0.25) is 0 Å². The Bertz CT molecular complexity index is 421. The molecule has 0 aromatic heterocycles. The predicted molar refractivity (Wildman–Crippen MR) is 91.7 cm³/mol. The molecule has 3 atom stereocenters. The van der Waals surface area contributed by atoms with Crippen molar-refractivity contribution in [3.05, 3.63) is 32.4 Å². The van der Waals surface area contributed by atoms with Gasteiger partial charge in [0.2, 0.25) is 0 Å². The van der Waals surface area contributed by atoms with Gasteiger partial charge in [0.1, 0.15) is 0 Å². The summed E-state index contributed by atoms with van der Waals surface area (Å²) in [5.41, 5.74) is 1.35. The zero-order valence-corrected chi connectivity index (χ0v) is 14.7. The molecular formula is C16H23ClIN. The molecule has 1 nitrogen and oxygen atoms in total. The first kappa shape index (κ1) is 15.6. The van der Waals surface area contributed by atoms with Crippen molar-refractivity contribution >= 4 is 34.2 Å². The van der Waals surface area contributed by atoms with Crippen molar-refractivity contribution < 1.29 is 0 Å². The van der Waals surface area contributed by atoms with Crippen LogP contribution in [-0.2, 0) is 0 Å². The average molecular weight is 392 g/mol. The highest BCUT2D eigenvalue weighted by Crippen LogP contribution is 2.40. The van der Waals surface area contributed by atoms with Gasteiger partial charge in [-0.2, -0.15) is 0 Å². The lowest BCUT2D eigenvalue weighted by Gasteiger charge is -2.37. The fourth-order valence-electron chi connectivity index (χ4n) is 3.52. The van der Waals surface area contributed by atoms with Gasteiger partial charge in [-0.15, -0.1) is 0 Å². The molecule has 1 aliphatic rings. The first-order chi connectivity index (χ1) is 9.17. The van der Waals surface area contributed by atoms with E-state index in [2.05, 4.69) is 60.1 Å². The maximum atomic E-state index is 6.29. The Kier molecular flexibility index (Phi) is 5.97. The molecule has 106 valence electrons. The van der Waals surface area contributed by atoms with E-state index < -0.39 is 0 Å². The van der Waals surface area contributed by atoms with Crippen LogP contribution < -0.4 is 5.32 Å². The van der Waals surface area contributed by atoms with Crippen LogP contribution in [0.3, 0.4) is 0 Å². The molecule has 3 heteroatoms. The Morgan fingerprint density at radius 3 is 2.74 bits per heavy atom. The largest absolute Gasteiger partial charge is 0.313 e. The van der Waals surface area contributed by atoms with E-state index in [1.165, 1.54) is 37.7 Å². The normalized spacial score (nSPS) is 25.3. The number of rotatable bonds is 4. The SMILES string of the molecule is CCC1CCCCC1C(NC)c1ccc(I)c(Cl)c1. The van der Waals surface area contributed by atoms with E-state index in [1.807, 2.05) is 0 Å². The third kappa shape index (κ3) is 3.64. The van der Waals surface area contributed by atoms with E-state index in [1.54, 1.807) is 0 Å². The lowest BCUT2D eigenvalue weighted by Crippen LogP contribution is -2.32. The fraction of sp³-hybridized carbons (Fsp3) is 0.625. The molecule has 1 N–H and O–H groups in total. The Morgan fingerprint density at radius 1 is 1.37 bits per heavy atom. The summed E-state index contributed by atoms with van der Waals surface area (Å²) in [5, 5.41) is 4.42. The van der Waals surface area contributed by atoms with Gasteiger partial charge in [0.25, 0.3) is 0 Å². The summed E-state index contributed by atoms with van der Waals surface area (Å²) in [5.74, 6) is 1.60. The van der Waals surface area contributed by atoms with Crippen LogP contribution >= 0.6 is 34.2 Å². The number of halogens is 2. The van der Waals surface area contributed by atoms with Gasteiger partial charge in [0, 0.05) is 9.61 Å². The van der Waals surface area contributed by atoms with Crippen LogP contribution in [0.25, 0.3) is 0 Å². The van der Waals surface area contributed by atoms with E-state index in [4.69, 9.17) is 11.6 Å². The summed E-state index contributed by atoms with van der Waals surface area (Å²) in [6, 6.07) is 6.95. The van der Waals surface area contributed by atoms with E-state index in [0.717, 1.165) is 20.4 Å². The van der Waals surface area contributed by atoms with Gasteiger partial charge in [0.05, 0.1) is 5.02 Å². The van der Waals surface area contributed by atoms with Crippen LogP contribution in [0.1, 0.15) is 50.6 Å². The van der Waals surface area contributed by atoms with E-state index >= 15 is 0 Å². The molecule has 1 aromatic carbocycles. The highest BCUT2D eigenvalue weighted by Gasteiger charge is 2.30. The molecule has 0 radical (unpaired) electrons. The summed E-state index contributed by atoms with van der Waals surface area (Å²) in [4.78, 5) is 0. The molecule has 1 fully saturated rings. The molecule has 2 rings (SSSR count). The van der Waals surface area contributed by atoms with Crippen LogP contribution in [0.4, 0.5) is 0 Å². The molecule has 1 aromatic rings. The molecule has 0 saturated heterocycles. The maximum Gasteiger partial charge on any atom is 0.0542 e. The van der Waals surface area contributed by atoms with Crippen molar-refractivity contribution in [3.8, 4) is 0 Å². The summed E-state index contributed by atoms with van der Waals surface area (Å²) >= 11 is 8.58. The average Bonchev–Trinajstić information content (AvgIpc) is 2.44. The second-order valence-electron chi connectivity index (χ2n) is 5.56. The molecule has 19 heavy (non-hydrogen) atoms. The highest BCUT2D eigenvalue weighted by molar-refractivity contribution is 14.1. The zero-order chi connectivity index (χ0) is 13.8. The lowest BCUT2D eigenvalue weighted by molar-refractivity contribution is 0.180. The monoisotopic (exact) mass is 391 g/mol. The van der Waals surface area contributed by atoms with E-state index in [0.29, 0.717) is 6.04 Å². The Morgan fingerprint density at radius 2 is 2.11 bits per heavy atom. The fourth-order valence-corrected chi connectivity index (χ4v) is 4.04. The second kappa shape index (κ2) is 7.28. The van der Waals surface area contributed by atoms with Crippen molar-refractivity contribution in [1.29, 1.82) is 0 Å². The number of hydrogen-bond acceptors (Lipinski definition) is 1. The highest BCUT2D eigenvalue weighted by atomic mass is 127. The minimum Gasteiger partial charge on any atom is -0.313 e. The topological polar surface area (TPSA) is 12.0 Å². The van der Waals surface area contributed by atoms with E-state index in [9.17, 15) is 0 Å². The van der Waals surface area contributed by atoms with Gasteiger partial charge < -0.3 is 5.32 Å². The van der Waals surface area contributed by atoms with Crippen molar-refractivity contribution in [3.63, 3.8) is 0 Å². The third-order valence-corrected chi connectivity index (χ3v) is 6.11. The van der Waals surface area contributed by atoms with Crippen LogP contribution in [0.15, 0.2) is 18.2 Å². The first-order valence-corrected chi connectivity index (χ1v) is 8.75. The third-order valence-electron chi connectivity index (χ3n) is 4.53. The smallest absolute Gasteiger partial charge is 0.0542 e. The molecule has 1 aliphatic carbocycles. The number of nitrogens with one attached hydrogen (secondary N) is 1. The molecule has 1 saturated carbocycles. The summed E-state index contributed by atoms with van der Waals surface area (Å²) in [6.07, 6.45) is 6.79. The Balaban J connectivity index is 2.24. The van der Waals surface area contributed by atoms with Gasteiger partial charge in [-0.1, -0.05) is 50.3 Å². The molecule has 0 amide bonds. The quantitative estimate of drug-likeness (QED) is 0.676. The van der Waals surface area contributed by atoms with Crippen molar-refractivity contribution in [1.82, 2.24) is 5.32 Å². The van der Waals surface area contributed by atoms with Crippen LogP contribution in [0.2, 0.25) is 5.02 Å². The molecule has 3 unspecified atom stereocenters. The van der Waals surface area contributed by atoms with Crippen LogP contribution in [0.5, 0.6) is 0 Å².